The molecule has 17 heavy (non-hydrogen) atoms. The maximum absolute atomic E-state index is 6.07. The van der Waals surface area contributed by atoms with Crippen LogP contribution in [0, 0.1) is 11.3 Å². The molecular formula is C14H20ClNO. The summed E-state index contributed by atoms with van der Waals surface area (Å²) in [6.45, 7) is 6.75. The van der Waals surface area contributed by atoms with E-state index in [0.29, 0.717) is 11.3 Å². The van der Waals surface area contributed by atoms with Gasteiger partial charge in [-0.1, -0.05) is 25.4 Å². The van der Waals surface area contributed by atoms with Gasteiger partial charge in [0, 0.05) is 23.5 Å². The van der Waals surface area contributed by atoms with Crippen LogP contribution in [0.15, 0.2) is 18.2 Å². The van der Waals surface area contributed by atoms with E-state index in [0.717, 1.165) is 30.3 Å². The van der Waals surface area contributed by atoms with E-state index in [-0.39, 0.29) is 0 Å². The van der Waals surface area contributed by atoms with E-state index >= 15 is 0 Å². The van der Waals surface area contributed by atoms with Gasteiger partial charge in [-0.15, -0.1) is 0 Å². The average Bonchev–Trinajstić information content (AvgIpc) is 2.23. The Balaban J connectivity index is 2.25. The Bertz CT molecular complexity index is 399. The maximum atomic E-state index is 6.07. The lowest BCUT2D eigenvalue weighted by molar-refractivity contribution is 0.0985. The lowest BCUT2D eigenvalue weighted by Crippen LogP contribution is -2.57. The van der Waals surface area contributed by atoms with Crippen LogP contribution < -0.4 is 10.1 Å². The second-order valence-corrected chi connectivity index (χ2v) is 5.69. The van der Waals surface area contributed by atoms with Crippen molar-refractivity contribution in [3.05, 3.63) is 28.8 Å². The number of benzene rings is 1. The highest BCUT2D eigenvalue weighted by Gasteiger charge is 2.40. The van der Waals surface area contributed by atoms with E-state index < -0.39 is 0 Å². The first-order valence-corrected chi connectivity index (χ1v) is 6.48. The van der Waals surface area contributed by atoms with Crippen molar-refractivity contribution in [2.75, 3.05) is 20.2 Å². The fourth-order valence-corrected chi connectivity index (χ4v) is 2.64. The Labute approximate surface area is 108 Å². The number of ether oxygens (including phenoxy) is 1. The summed E-state index contributed by atoms with van der Waals surface area (Å²) < 4.78 is 5.42. The Morgan fingerprint density at radius 1 is 1.41 bits per heavy atom. The molecule has 0 spiro atoms. The van der Waals surface area contributed by atoms with Crippen molar-refractivity contribution in [3.8, 4) is 5.75 Å². The zero-order valence-electron chi connectivity index (χ0n) is 10.7. The van der Waals surface area contributed by atoms with Crippen LogP contribution in [0.3, 0.4) is 0 Å². The molecule has 0 aromatic heterocycles. The zero-order chi connectivity index (χ0) is 12.5. The van der Waals surface area contributed by atoms with Crippen LogP contribution >= 0.6 is 11.6 Å². The quantitative estimate of drug-likeness (QED) is 0.890. The first-order chi connectivity index (χ1) is 8.07. The summed E-state index contributed by atoms with van der Waals surface area (Å²) in [7, 11) is 1.72. The van der Waals surface area contributed by atoms with Crippen molar-refractivity contribution in [3.63, 3.8) is 0 Å². The SMILES string of the molecule is COc1ccc(Cl)cc1CC1(C(C)C)CNC1. The molecule has 0 radical (unpaired) electrons. The normalized spacial score (nSPS) is 17.9. The molecule has 1 aromatic rings. The molecule has 0 atom stereocenters. The highest BCUT2D eigenvalue weighted by Crippen LogP contribution is 2.38. The van der Waals surface area contributed by atoms with Crippen LogP contribution in [0.25, 0.3) is 0 Å². The third-order valence-corrected chi connectivity index (χ3v) is 4.20. The molecule has 0 saturated carbocycles. The van der Waals surface area contributed by atoms with E-state index in [1.165, 1.54) is 5.56 Å². The summed E-state index contributed by atoms with van der Waals surface area (Å²) in [6.07, 6.45) is 1.03. The van der Waals surface area contributed by atoms with Gasteiger partial charge in [-0.05, 0) is 36.1 Å². The van der Waals surface area contributed by atoms with E-state index in [4.69, 9.17) is 16.3 Å². The van der Waals surface area contributed by atoms with Crippen LogP contribution in [-0.2, 0) is 6.42 Å². The molecule has 1 aliphatic heterocycles. The van der Waals surface area contributed by atoms with Crippen molar-refractivity contribution in [2.45, 2.75) is 20.3 Å². The monoisotopic (exact) mass is 253 g/mol. The van der Waals surface area contributed by atoms with Crippen LogP contribution in [0.4, 0.5) is 0 Å². The van der Waals surface area contributed by atoms with Crippen LogP contribution in [0.1, 0.15) is 19.4 Å². The van der Waals surface area contributed by atoms with Crippen molar-refractivity contribution in [1.29, 1.82) is 0 Å². The Hall–Kier alpha value is -0.730. The van der Waals surface area contributed by atoms with Crippen LogP contribution in [0.2, 0.25) is 5.02 Å². The molecule has 1 aromatic carbocycles. The standard InChI is InChI=1S/C14H20ClNO/c1-10(2)14(8-16-9-14)7-11-6-12(15)4-5-13(11)17-3/h4-6,10,16H,7-9H2,1-3H3. The van der Waals surface area contributed by atoms with Crippen LogP contribution in [-0.4, -0.2) is 20.2 Å². The molecule has 0 unspecified atom stereocenters. The first kappa shape index (κ1) is 12.7. The first-order valence-electron chi connectivity index (χ1n) is 6.10. The molecule has 0 bridgehead atoms. The van der Waals surface area contributed by atoms with E-state index in [1.807, 2.05) is 18.2 Å². The molecule has 2 nitrogen and oxygen atoms in total. The van der Waals surface area contributed by atoms with Crippen molar-refractivity contribution >= 4 is 11.6 Å². The molecular weight excluding hydrogens is 234 g/mol. The summed E-state index contributed by atoms with van der Waals surface area (Å²) in [5.41, 5.74) is 1.58. The largest absolute Gasteiger partial charge is 0.496 e. The number of halogens is 1. The van der Waals surface area contributed by atoms with Gasteiger partial charge in [0.2, 0.25) is 0 Å². The Morgan fingerprint density at radius 2 is 2.12 bits per heavy atom. The predicted octanol–water partition coefficient (Wildman–Crippen LogP) is 3.14. The van der Waals surface area contributed by atoms with Gasteiger partial charge in [-0.25, -0.2) is 0 Å². The smallest absolute Gasteiger partial charge is 0.122 e. The fraction of sp³-hybridized carbons (Fsp3) is 0.571. The molecule has 0 amide bonds. The lowest BCUT2D eigenvalue weighted by atomic mass is 9.68. The number of rotatable bonds is 4. The zero-order valence-corrected chi connectivity index (χ0v) is 11.5. The summed E-state index contributed by atoms with van der Waals surface area (Å²) >= 11 is 6.07. The topological polar surface area (TPSA) is 21.3 Å². The molecule has 1 N–H and O–H groups in total. The van der Waals surface area contributed by atoms with Crippen molar-refractivity contribution in [2.24, 2.45) is 11.3 Å². The Kier molecular flexibility index (Phi) is 3.64. The number of hydrogen-bond donors (Lipinski definition) is 1. The molecule has 3 heteroatoms. The van der Waals surface area contributed by atoms with Gasteiger partial charge < -0.3 is 10.1 Å². The maximum Gasteiger partial charge on any atom is 0.122 e. The van der Waals surface area contributed by atoms with E-state index in [9.17, 15) is 0 Å². The van der Waals surface area contributed by atoms with Gasteiger partial charge >= 0.3 is 0 Å². The van der Waals surface area contributed by atoms with Crippen molar-refractivity contribution in [1.82, 2.24) is 5.32 Å². The average molecular weight is 254 g/mol. The number of methoxy groups -OCH3 is 1. The summed E-state index contributed by atoms with van der Waals surface area (Å²) in [5, 5.41) is 4.17. The highest BCUT2D eigenvalue weighted by atomic mass is 35.5. The minimum Gasteiger partial charge on any atom is -0.496 e. The van der Waals surface area contributed by atoms with Gasteiger partial charge in [0.1, 0.15) is 5.75 Å². The molecule has 1 fully saturated rings. The number of nitrogens with one attached hydrogen (secondary N) is 1. The van der Waals surface area contributed by atoms with Gasteiger partial charge in [0.05, 0.1) is 7.11 Å². The third kappa shape index (κ3) is 2.43. The fourth-order valence-electron chi connectivity index (χ4n) is 2.45. The lowest BCUT2D eigenvalue weighted by Gasteiger charge is -2.46. The van der Waals surface area contributed by atoms with Gasteiger partial charge in [-0.3, -0.25) is 0 Å². The molecule has 2 rings (SSSR count). The summed E-state index contributed by atoms with van der Waals surface area (Å²) in [4.78, 5) is 0. The minimum atomic E-state index is 0.359. The highest BCUT2D eigenvalue weighted by molar-refractivity contribution is 6.30. The van der Waals surface area contributed by atoms with E-state index in [2.05, 4.69) is 19.2 Å². The predicted molar refractivity (Wildman–Crippen MR) is 71.8 cm³/mol. The molecule has 0 aliphatic carbocycles. The minimum absolute atomic E-state index is 0.359. The molecule has 1 heterocycles. The Morgan fingerprint density at radius 3 is 2.59 bits per heavy atom. The van der Waals surface area contributed by atoms with Crippen molar-refractivity contribution < 1.29 is 4.74 Å². The molecule has 1 aliphatic rings. The summed E-state index contributed by atoms with van der Waals surface area (Å²) in [6, 6.07) is 5.87. The number of hydrogen-bond acceptors (Lipinski definition) is 2. The van der Waals surface area contributed by atoms with Gasteiger partial charge in [0.25, 0.3) is 0 Å². The summed E-state index contributed by atoms with van der Waals surface area (Å²) in [5.74, 6) is 1.61. The molecule has 94 valence electrons. The van der Waals surface area contributed by atoms with Crippen LogP contribution in [0.5, 0.6) is 5.75 Å². The second-order valence-electron chi connectivity index (χ2n) is 5.25. The van der Waals surface area contributed by atoms with E-state index in [1.54, 1.807) is 7.11 Å². The second kappa shape index (κ2) is 4.87. The van der Waals surface area contributed by atoms with Gasteiger partial charge in [0.15, 0.2) is 0 Å². The van der Waals surface area contributed by atoms with Gasteiger partial charge in [-0.2, -0.15) is 0 Å². The third-order valence-electron chi connectivity index (χ3n) is 3.96. The molecule has 1 saturated heterocycles.